The van der Waals surface area contributed by atoms with E-state index in [1.807, 2.05) is 0 Å². The summed E-state index contributed by atoms with van der Waals surface area (Å²) in [5, 5.41) is 3.62. The normalized spacial score (nSPS) is 22.0. The van der Waals surface area contributed by atoms with Crippen LogP contribution >= 0.6 is 0 Å². The minimum absolute atomic E-state index is 0.300. The maximum absolute atomic E-state index is 6.22. The highest BCUT2D eigenvalue weighted by atomic mass is 16.5. The number of rotatable bonds is 7. The Morgan fingerprint density at radius 2 is 2.05 bits per heavy atom. The molecule has 0 aromatic heterocycles. The molecule has 0 heterocycles. The van der Waals surface area contributed by atoms with Crippen molar-refractivity contribution in [1.29, 1.82) is 0 Å². The third-order valence-corrected chi connectivity index (χ3v) is 4.24. The molecule has 2 atom stereocenters. The number of aryl methyl sites for hydroxylation is 1. The Hall–Kier alpha value is -1.22. The standard InChI is InChI=1S/C18H29NO2/c1-4-11-19-15-7-6-8-16(13-15)21-17-10-9-14(5-2)12-18(17)20-3/h9-10,12,15-16,19H,4-8,11,13H2,1-3H3. The van der Waals surface area contributed by atoms with E-state index >= 15 is 0 Å². The Balaban J connectivity index is 1.97. The predicted molar refractivity (Wildman–Crippen MR) is 87.3 cm³/mol. The molecule has 1 aromatic rings. The van der Waals surface area contributed by atoms with Crippen LogP contribution in [-0.2, 0) is 6.42 Å². The average molecular weight is 291 g/mol. The molecule has 0 radical (unpaired) electrons. The molecule has 1 N–H and O–H groups in total. The second-order valence-corrected chi connectivity index (χ2v) is 5.90. The smallest absolute Gasteiger partial charge is 0.161 e. The van der Waals surface area contributed by atoms with Crippen molar-refractivity contribution < 1.29 is 9.47 Å². The topological polar surface area (TPSA) is 30.5 Å². The van der Waals surface area contributed by atoms with E-state index in [-0.39, 0.29) is 0 Å². The van der Waals surface area contributed by atoms with Crippen LogP contribution in [0.4, 0.5) is 0 Å². The van der Waals surface area contributed by atoms with Gasteiger partial charge in [-0.05, 0) is 62.8 Å². The molecule has 2 unspecified atom stereocenters. The summed E-state index contributed by atoms with van der Waals surface area (Å²) in [7, 11) is 1.72. The van der Waals surface area contributed by atoms with Crippen molar-refractivity contribution >= 4 is 0 Å². The van der Waals surface area contributed by atoms with Gasteiger partial charge in [0, 0.05) is 6.04 Å². The van der Waals surface area contributed by atoms with Crippen LogP contribution in [0, 0.1) is 0 Å². The Labute approximate surface area is 129 Å². The second kappa shape index (κ2) is 8.28. The Morgan fingerprint density at radius 3 is 2.76 bits per heavy atom. The van der Waals surface area contributed by atoms with Gasteiger partial charge in [0.25, 0.3) is 0 Å². The third kappa shape index (κ3) is 4.63. The summed E-state index contributed by atoms with van der Waals surface area (Å²) >= 11 is 0. The summed E-state index contributed by atoms with van der Waals surface area (Å²) in [6.07, 6.45) is 7.25. The molecule has 1 fully saturated rings. The van der Waals surface area contributed by atoms with Crippen molar-refractivity contribution in [2.24, 2.45) is 0 Å². The molecule has 1 saturated carbocycles. The lowest BCUT2D eigenvalue weighted by Crippen LogP contribution is -2.38. The number of benzene rings is 1. The van der Waals surface area contributed by atoms with E-state index in [0.717, 1.165) is 37.3 Å². The van der Waals surface area contributed by atoms with E-state index in [1.165, 1.54) is 24.8 Å². The molecule has 0 spiro atoms. The summed E-state index contributed by atoms with van der Waals surface area (Å²) in [4.78, 5) is 0. The van der Waals surface area contributed by atoms with Gasteiger partial charge in [-0.3, -0.25) is 0 Å². The fourth-order valence-electron chi connectivity index (χ4n) is 2.99. The summed E-state index contributed by atoms with van der Waals surface area (Å²) in [6, 6.07) is 6.88. The minimum atomic E-state index is 0.300. The lowest BCUT2D eigenvalue weighted by molar-refractivity contribution is 0.130. The molecular formula is C18H29NO2. The van der Waals surface area contributed by atoms with Gasteiger partial charge in [0.1, 0.15) is 6.10 Å². The quantitative estimate of drug-likeness (QED) is 0.825. The van der Waals surface area contributed by atoms with Gasteiger partial charge in [-0.2, -0.15) is 0 Å². The first-order valence-corrected chi connectivity index (χ1v) is 8.33. The van der Waals surface area contributed by atoms with Gasteiger partial charge in [-0.1, -0.05) is 19.9 Å². The third-order valence-electron chi connectivity index (χ3n) is 4.24. The summed E-state index contributed by atoms with van der Waals surface area (Å²) < 4.78 is 11.7. The Kier molecular flexibility index (Phi) is 6.37. The molecule has 3 nitrogen and oxygen atoms in total. The van der Waals surface area contributed by atoms with Gasteiger partial charge in [-0.15, -0.1) is 0 Å². The number of ether oxygens (including phenoxy) is 2. The second-order valence-electron chi connectivity index (χ2n) is 5.90. The van der Waals surface area contributed by atoms with Gasteiger partial charge in [0.05, 0.1) is 7.11 Å². The SMILES string of the molecule is CCCNC1CCCC(Oc2ccc(CC)cc2OC)C1. The molecule has 1 aliphatic rings. The lowest BCUT2D eigenvalue weighted by Gasteiger charge is -2.30. The van der Waals surface area contributed by atoms with Crippen LogP contribution in [0.5, 0.6) is 11.5 Å². The van der Waals surface area contributed by atoms with E-state index in [0.29, 0.717) is 12.1 Å². The fourth-order valence-corrected chi connectivity index (χ4v) is 2.99. The zero-order valence-electron chi connectivity index (χ0n) is 13.7. The molecule has 3 heteroatoms. The van der Waals surface area contributed by atoms with Gasteiger partial charge in [0.15, 0.2) is 11.5 Å². The van der Waals surface area contributed by atoms with Gasteiger partial charge in [-0.25, -0.2) is 0 Å². The molecule has 118 valence electrons. The van der Waals surface area contributed by atoms with Crippen molar-refractivity contribution in [3.63, 3.8) is 0 Å². The predicted octanol–water partition coefficient (Wildman–Crippen LogP) is 3.95. The summed E-state index contributed by atoms with van der Waals surface area (Å²) in [6.45, 7) is 5.47. The average Bonchev–Trinajstić information content (AvgIpc) is 2.53. The van der Waals surface area contributed by atoms with Gasteiger partial charge < -0.3 is 14.8 Å². The zero-order chi connectivity index (χ0) is 15.1. The van der Waals surface area contributed by atoms with Crippen molar-refractivity contribution in [2.75, 3.05) is 13.7 Å². The molecule has 0 amide bonds. The van der Waals surface area contributed by atoms with Crippen LogP contribution in [0.25, 0.3) is 0 Å². The Morgan fingerprint density at radius 1 is 1.19 bits per heavy atom. The summed E-state index contributed by atoms with van der Waals surface area (Å²) in [5.41, 5.74) is 1.28. The molecule has 2 rings (SSSR count). The molecule has 1 aliphatic carbocycles. The van der Waals surface area contributed by atoms with Crippen LogP contribution in [0.1, 0.15) is 51.5 Å². The van der Waals surface area contributed by atoms with Gasteiger partial charge in [0.2, 0.25) is 0 Å². The maximum atomic E-state index is 6.22. The number of hydrogen-bond acceptors (Lipinski definition) is 3. The van der Waals surface area contributed by atoms with E-state index in [9.17, 15) is 0 Å². The molecule has 1 aromatic carbocycles. The maximum Gasteiger partial charge on any atom is 0.161 e. The highest BCUT2D eigenvalue weighted by Crippen LogP contribution is 2.32. The van der Waals surface area contributed by atoms with Crippen molar-refractivity contribution in [1.82, 2.24) is 5.32 Å². The molecule has 0 saturated heterocycles. The highest BCUT2D eigenvalue weighted by molar-refractivity contribution is 5.43. The van der Waals surface area contributed by atoms with Gasteiger partial charge >= 0.3 is 0 Å². The van der Waals surface area contributed by atoms with Crippen LogP contribution in [0.3, 0.4) is 0 Å². The molecule has 0 bridgehead atoms. The number of methoxy groups -OCH3 is 1. The number of nitrogens with one attached hydrogen (secondary N) is 1. The van der Waals surface area contributed by atoms with E-state index in [2.05, 4.69) is 37.4 Å². The van der Waals surface area contributed by atoms with E-state index in [4.69, 9.17) is 9.47 Å². The highest BCUT2D eigenvalue weighted by Gasteiger charge is 2.23. The minimum Gasteiger partial charge on any atom is -0.493 e. The number of hydrogen-bond donors (Lipinski definition) is 1. The molecule has 21 heavy (non-hydrogen) atoms. The fraction of sp³-hybridized carbons (Fsp3) is 0.667. The van der Waals surface area contributed by atoms with Crippen molar-refractivity contribution in [3.8, 4) is 11.5 Å². The van der Waals surface area contributed by atoms with E-state index < -0.39 is 0 Å². The summed E-state index contributed by atoms with van der Waals surface area (Å²) in [5.74, 6) is 1.74. The molecular weight excluding hydrogens is 262 g/mol. The first-order valence-electron chi connectivity index (χ1n) is 8.33. The molecule has 0 aliphatic heterocycles. The van der Waals surface area contributed by atoms with Crippen molar-refractivity contribution in [2.45, 2.75) is 64.5 Å². The van der Waals surface area contributed by atoms with Crippen LogP contribution < -0.4 is 14.8 Å². The zero-order valence-corrected chi connectivity index (χ0v) is 13.7. The first kappa shape index (κ1) is 16.2. The monoisotopic (exact) mass is 291 g/mol. The first-order chi connectivity index (χ1) is 10.3. The lowest BCUT2D eigenvalue weighted by atomic mass is 9.92. The van der Waals surface area contributed by atoms with Crippen LogP contribution in [-0.4, -0.2) is 25.8 Å². The van der Waals surface area contributed by atoms with Crippen LogP contribution in [0.2, 0.25) is 0 Å². The van der Waals surface area contributed by atoms with E-state index in [1.54, 1.807) is 7.11 Å². The van der Waals surface area contributed by atoms with Crippen LogP contribution in [0.15, 0.2) is 18.2 Å². The van der Waals surface area contributed by atoms with Crippen molar-refractivity contribution in [3.05, 3.63) is 23.8 Å². The Bertz CT molecular complexity index is 433. The largest absolute Gasteiger partial charge is 0.493 e.